The van der Waals surface area contributed by atoms with Crippen LogP contribution in [0, 0.1) is 0 Å². The van der Waals surface area contributed by atoms with E-state index in [0.29, 0.717) is 0 Å². The molecule has 1 heterocycles. The van der Waals surface area contributed by atoms with Gasteiger partial charge in [0.15, 0.2) is 0 Å². The van der Waals surface area contributed by atoms with E-state index < -0.39 is 0 Å². The van der Waals surface area contributed by atoms with E-state index in [-0.39, 0.29) is 11.1 Å². The third kappa shape index (κ3) is 2.43. The van der Waals surface area contributed by atoms with Crippen LogP contribution in [0.5, 0.6) is 0 Å². The molecule has 0 amide bonds. The summed E-state index contributed by atoms with van der Waals surface area (Å²) in [5.41, 5.74) is 3.76. The lowest BCUT2D eigenvalue weighted by Gasteiger charge is -2.11. The van der Waals surface area contributed by atoms with Crippen molar-refractivity contribution in [2.45, 2.75) is 5.38 Å². The van der Waals surface area contributed by atoms with Gasteiger partial charge in [0.1, 0.15) is 0 Å². The molecule has 2 aromatic carbocycles. The minimum atomic E-state index is -0.248. The Morgan fingerprint density at radius 1 is 1.00 bits per heavy atom. The first-order valence-electron chi connectivity index (χ1n) is 6.54. The standard InChI is InChI=1S/C16H14BrClN2O/c1-19-13-7-6-11(9-14(13)20(2)16(19)21)15(18)10-4-3-5-12(17)8-10/h3-9,15H,1-2H3. The molecule has 3 rings (SSSR count). The summed E-state index contributed by atoms with van der Waals surface area (Å²) >= 11 is 10.0. The van der Waals surface area contributed by atoms with Crippen LogP contribution in [0.3, 0.4) is 0 Å². The lowest BCUT2D eigenvalue weighted by atomic mass is 10.0. The second-order valence-electron chi connectivity index (χ2n) is 5.07. The molecule has 0 radical (unpaired) electrons. The molecule has 1 atom stereocenters. The van der Waals surface area contributed by atoms with Crippen molar-refractivity contribution >= 4 is 38.6 Å². The Morgan fingerprint density at radius 3 is 2.38 bits per heavy atom. The largest absolute Gasteiger partial charge is 0.328 e. The Hall–Kier alpha value is -1.52. The Morgan fingerprint density at radius 2 is 1.67 bits per heavy atom. The SMILES string of the molecule is Cn1c(=O)n(C)c2cc(C(Cl)c3cccc(Br)c3)ccc21. The number of imidazole rings is 1. The van der Waals surface area contributed by atoms with Crippen LogP contribution in [-0.4, -0.2) is 9.13 Å². The summed E-state index contributed by atoms with van der Waals surface area (Å²) < 4.78 is 4.28. The van der Waals surface area contributed by atoms with E-state index in [1.54, 1.807) is 23.2 Å². The predicted molar refractivity (Wildman–Crippen MR) is 90.0 cm³/mol. The van der Waals surface area contributed by atoms with Gasteiger partial charge in [-0.2, -0.15) is 0 Å². The van der Waals surface area contributed by atoms with E-state index in [0.717, 1.165) is 26.6 Å². The maximum Gasteiger partial charge on any atom is 0.328 e. The molecule has 3 aromatic rings. The van der Waals surface area contributed by atoms with Crippen molar-refractivity contribution in [2.75, 3.05) is 0 Å². The molecule has 0 saturated heterocycles. The third-order valence-electron chi connectivity index (χ3n) is 3.73. The van der Waals surface area contributed by atoms with Crippen LogP contribution in [-0.2, 0) is 14.1 Å². The Balaban J connectivity index is 2.13. The highest BCUT2D eigenvalue weighted by molar-refractivity contribution is 9.10. The van der Waals surface area contributed by atoms with Crippen molar-refractivity contribution in [3.05, 3.63) is 68.5 Å². The highest BCUT2D eigenvalue weighted by atomic mass is 79.9. The minimum absolute atomic E-state index is 0.0317. The molecule has 1 unspecified atom stereocenters. The molecule has 0 aliphatic carbocycles. The van der Waals surface area contributed by atoms with Gasteiger partial charge in [-0.15, -0.1) is 11.6 Å². The van der Waals surface area contributed by atoms with Gasteiger partial charge in [-0.3, -0.25) is 9.13 Å². The molecule has 21 heavy (non-hydrogen) atoms. The second kappa shape index (κ2) is 5.35. The van der Waals surface area contributed by atoms with E-state index in [2.05, 4.69) is 15.9 Å². The summed E-state index contributed by atoms with van der Waals surface area (Å²) in [6, 6.07) is 13.8. The predicted octanol–water partition coefficient (Wildman–Crippen LogP) is 3.97. The number of nitrogens with zero attached hydrogens (tertiary/aromatic N) is 2. The van der Waals surface area contributed by atoms with Gasteiger partial charge < -0.3 is 0 Å². The fourth-order valence-electron chi connectivity index (χ4n) is 2.54. The second-order valence-corrected chi connectivity index (χ2v) is 6.42. The van der Waals surface area contributed by atoms with Gasteiger partial charge in [0.2, 0.25) is 0 Å². The molecule has 0 saturated carbocycles. The monoisotopic (exact) mass is 364 g/mol. The molecule has 108 valence electrons. The van der Waals surface area contributed by atoms with Crippen LogP contribution in [0.2, 0.25) is 0 Å². The number of fused-ring (bicyclic) bond motifs is 1. The molecule has 1 aromatic heterocycles. The van der Waals surface area contributed by atoms with E-state index in [1.807, 2.05) is 42.5 Å². The quantitative estimate of drug-likeness (QED) is 0.631. The van der Waals surface area contributed by atoms with Gasteiger partial charge in [0.25, 0.3) is 0 Å². The average Bonchev–Trinajstić information content (AvgIpc) is 2.71. The molecule has 0 aliphatic heterocycles. The average molecular weight is 366 g/mol. The van der Waals surface area contributed by atoms with Gasteiger partial charge in [-0.25, -0.2) is 4.79 Å². The number of halogens is 2. The Bertz CT molecular complexity index is 882. The van der Waals surface area contributed by atoms with Crippen molar-refractivity contribution in [2.24, 2.45) is 14.1 Å². The van der Waals surface area contributed by atoms with Gasteiger partial charge >= 0.3 is 5.69 Å². The third-order valence-corrected chi connectivity index (χ3v) is 4.73. The summed E-state index contributed by atoms with van der Waals surface area (Å²) in [7, 11) is 3.55. The number of benzene rings is 2. The van der Waals surface area contributed by atoms with Crippen molar-refractivity contribution in [1.82, 2.24) is 9.13 Å². The number of aromatic nitrogens is 2. The normalized spacial score (nSPS) is 12.8. The summed E-state index contributed by atoms with van der Waals surface area (Å²) in [6.07, 6.45) is 0. The van der Waals surface area contributed by atoms with Gasteiger partial charge in [-0.05, 0) is 35.4 Å². The molecule has 0 fully saturated rings. The van der Waals surface area contributed by atoms with E-state index in [9.17, 15) is 4.79 Å². The fourth-order valence-corrected chi connectivity index (χ4v) is 3.23. The first-order valence-corrected chi connectivity index (χ1v) is 7.77. The molecule has 3 nitrogen and oxygen atoms in total. The maximum atomic E-state index is 12.0. The molecule has 0 spiro atoms. The van der Waals surface area contributed by atoms with Crippen LogP contribution in [0.25, 0.3) is 11.0 Å². The molecular weight excluding hydrogens is 352 g/mol. The number of hydrogen-bond acceptors (Lipinski definition) is 1. The van der Waals surface area contributed by atoms with Crippen LogP contribution in [0.15, 0.2) is 51.7 Å². The number of hydrogen-bond donors (Lipinski definition) is 0. The van der Waals surface area contributed by atoms with Crippen molar-refractivity contribution in [3.8, 4) is 0 Å². The smallest absolute Gasteiger partial charge is 0.295 e. The van der Waals surface area contributed by atoms with Gasteiger partial charge in [0.05, 0.1) is 16.4 Å². The van der Waals surface area contributed by atoms with Crippen LogP contribution >= 0.6 is 27.5 Å². The number of aryl methyl sites for hydroxylation is 2. The van der Waals surface area contributed by atoms with Crippen LogP contribution in [0.4, 0.5) is 0 Å². The van der Waals surface area contributed by atoms with Crippen molar-refractivity contribution in [3.63, 3.8) is 0 Å². The first kappa shape index (κ1) is 14.4. The maximum absolute atomic E-state index is 12.0. The Kier molecular flexibility index (Phi) is 3.68. The summed E-state index contributed by atoms with van der Waals surface area (Å²) in [5.74, 6) is 0. The van der Waals surface area contributed by atoms with Crippen molar-refractivity contribution in [1.29, 1.82) is 0 Å². The summed E-state index contributed by atoms with van der Waals surface area (Å²) in [4.78, 5) is 12.0. The first-order chi connectivity index (χ1) is 9.99. The number of alkyl halides is 1. The zero-order valence-corrected chi connectivity index (χ0v) is 14.0. The van der Waals surface area contributed by atoms with E-state index >= 15 is 0 Å². The van der Waals surface area contributed by atoms with Crippen LogP contribution < -0.4 is 5.69 Å². The molecule has 5 heteroatoms. The highest BCUT2D eigenvalue weighted by Gasteiger charge is 2.14. The van der Waals surface area contributed by atoms with Crippen LogP contribution in [0.1, 0.15) is 16.5 Å². The van der Waals surface area contributed by atoms with E-state index in [1.165, 1.54) is 0 Å². The summed E-state index contributed by atoms with van der Waals surface area (Å²) in [5, 5.41) is -0.248. The molecule has 0 bridgehead atoms. The molecular formula is C16H14BrClN2O. The zero-order valence-electron chi connectivity index (χ0n) is 11.7. The lowest BCUT2D eigenvalue weighted by molar-refractivity contribution is 0.795. The zero-order chi connectivity index (χ0) is 15.1. The molecule has 0 N–H and O–H groups in total. The topological polar surface area (TPSA) is 26.9 Å². The summed E-state index contributed by atoms with van der Waals surface area (Å²) in [6.45, 7) is 0. The van der Waals surface area contributed by atoms with Gasteiger partial charge in [-0.1, -0.05) is 34.1 Å². The Labute approximate surface area is 135 Å². The van der Waals surface area contributed by atoms with Crippen molar-refractivity contribution < 1.29 is 0 Å². The molecule has 0 aliphatic rings. The fraction of sp³-hybridized carbons (Fsp3) is 0.188. The highest BCUT2D eigenvalue weighted by Crippen LogP contribution is 2.31. The minimum Gasteiger partial charge on any atom is -0.295 e. The van der Waals surface area contributed by atoms with E-state index in [4.69, 9.17) is 11.6 Å². The number of rotatable bonds is 2. The lowest BCUT2D eigenvalue weighted by Crippen LogP contribution is -2.19. The van der Waals surface area contributed by atoms with Gasteiger partial charge in [0, 0.05) is 18.6 Å².